The number of nitrogen functional groups attached to an aromatic ring is 1. The molecule has 0 radical (unpaired) electrons. The lowest BCUT2D eigenvalue weighted by Crippen LogP contribution is -2.21. The number of benzene rings is 1. The van der Waals surface area contributed by atoms with E-state index in [4.69, 9.17) is 11.0 Å². The Morgan fingerprint density at radius 1 is 1.47 bits per heavy atom. The largest absolute Gasteiger partial charge is 0.397 e. The Hall–Kier alpha value is -1.74. The lowest BCUT2D eigenvalue weighted by atomic mass is 10.1. The Morgan fingerprint density at radius 3 is 2.76 bits per heavy atom. The molecule has 0 spiro atoms. The van der Waals surface area contributed by atoms with Gasteiger partial charge in [-0.1, -0.05) is 0 Å². The zero-order valence-corrected chi connectivity index (χ0v) is 10.00. The highest BCUT2D eigenvalue weighted by Gasteiger charge is 2.27. The normalized spacial score (nSPS) is 21.9. The van der Waals surface area contributed by atoms with Crippen molar-refractivity contribution in [1.29, 1.82) is 5.26 Å². The number of hydrogen-bond donors (Lipinski definition) is 2. The summed E-state index contributed by atoms with van der Waals surface area (Å²) in [5.74, 6) is 0.368. The maximum Gasteiger partial charge on any atom is 0.152 e. The van der Waals surface area contributed by atoms with Crippen LogP contribution >= 0.6 is 0 Å². The molecule has 17 heavy (non-hydrogen) atoms. The fourth-order valence-electron chi connectivity index (χ4n) is 1.89. The van der Waals surface area contributed by atoms with E-state index in [0.717, 1.165) is 0 Å². The van der Waals surface area contributed by atoms with Crippen LogP contribution in [0.15, 0.2) is 18.2 Å². The van der Waals surface area contributed by atoms with Gasteiger partial charge in [0.15, 0.2) is 9.84 Å². The van der Waals surface area contributed by atoms with E-state index in [-0.39, 0.29) is 17.5 Å². The summed E-state index contributed by atoms with van der Waals surface area (Å²) in [5.41, 5.74) is 7.42. The minimum Gasteiger partial charge on any atom is -0.397 e. The third-order valence-electron chi connectivity index (χ3n) is 2.77. The van der Waals surface area contributed by atoms with Crippen LogP contribution in [0.4, 0.5) is 11.4 Å². The van der Waals surface area contributed by atoms with Crippen LogP contribution in [0.5, 0.6) is 0 Å². The number of nitriles is 1. The van der Waals surface area contributed by atoms with Crippen molar-refractivity contribution < 1.29 is 8.42 Å². The molecule has 1 aliphatic rings. The van der Waals surface area contributed by atoms with Gasteiger partial charge in [-0.15, -0.1) is 0 Å². The van der Waals surface area contributed by atoms with Gasteiger partial charge in [0.2, 0.25) is 0 Å². The van der Waals surface area contributed by atoms with E-state index < -0.39 is 9.84 Å². The summed E-state index contributed by atoms with van der Waals surface area (Å²) in [5, 5.41) is 11.8. The molecule has 1 aromatic rings. The molecule has 2 rings (SSSR count). The van der Waals surface area contributed by atoms with Crippen molar-refractivity contribution >= 4 is 21.2 Å². The molecule has 90 valence electrons. The van der Waals surface area contributed by atoms with Gasteiger partial charge < -0.3 is 11.1 Å². The Bertz CT molecular complexity index is 575. The maximum atomic E-state index is 11.3. The van der Waals surface area contributed by atoms with Gasteiger partial charge in [0.25, 0.3) is 0 Å². The van der Waals surface area contributed by atoms with Gasteiger partial charge >= 0.3 is 0 Å². The minimum absolute atomic E-state index is 0.0877. The van der Waals surface area contributed by atoms with Crippen LogP contribution < -0.4 is 11.1 Å². The van der Waals surface area contributed by atoms with Crippen molar-refractivity contribution in [3.05, 3.63) is 23.8 Å². The molecule has 0 aliphatic carbocycles. The third-order valence-corrected chi connectivity index (χ3v) is 4.54. The zero-order valence-electron chi connectivity index (χ0n) is 9.18. The third kappa shape index (κ3) is 2.68. The summed E-state index contributed by atoms with van der Waals surface area (Å²) in [7, 11) is -2.90. The topological polar surface area (TPSA) is 96.0 Å². The molecule has 0 aromatic heterocycles. The molecule has 0 amide bonds. The highest BCUT2D eigenvalue weighted by Crippen LogP contribution is 2.23. The van der Waals surface area contributed by atoms with Gasteiger partial charge in [-0.05, 0) is 24.6 Å². The van der Waals surface area contributed by atoms with Crippen molar-refractivity contribution in [3.63, 3.8) is 0 Å². The van der Waals surface area contributed by atoms with E-state index >= 15 is 0 Å². The zero-order chi connectivity index (χ0) is 12.5. The predicted octanol–water partition coefficient (Wildman–Crippen LogP) is 0.739. The molecular weight excluding hydrogens is 238 g/mol. The van der Waals surface area contributed by atoms with Crippen LogP contribution in [-0.2, 0) is 9.84 Å². The summed E-state index contributed by atoms with van der Waals surface area (Å²) >= 11 is 0. The smallest absolute Gasteiger partial charge is 0.152 e. The first-order valence-electron chi connectivity index (χ1n) is 5.27. The molecular formula is C11H13N3O2S. The molecule has 5 nitrogen and oxygen atoms in total. The molecule has 3 N–H and O–H groups in total. The van der Waals surface area contributed by atoms with Crippen molar-refractivity contribution in [3.8, 4) is 6.07 Å². The fourth-order valence-corrected chi connectivity index (χ4v) is 3.57. The first kappa shape index (κ1) is 11.7. The summed E-state index contributed by atoms with van der Waals surface area (Å²) in [6.07, 6.45) is 0.599. The second-order valence-corrected chi connectivity index (χ2v) is 6.39. The van der Waals surface area contributed by atoms with Gasteiger partial charge in [0, 0.05) is 6.04 Å². The molecule has 1 atom stereocenters. The Kier molecular flexibility index (Phi) is 2.94. The van der Waals surface area contributed by atoms with Crippen molar-refractivity contribution in [2.45, 2.75) is 12.5 Å². The monoisotopic (exact) mass is 251 g/mol. The number of rotatable bonds is 2. The van der Waals surface area contributed by atoms with Crippen LogP contribution in [-0.4, -0.2) is 26.0 Å². The maximum absolute atomic E-state index is 11.3. The Morgan fingerprint density at radius 2 is 2.24 bits per heavy atom. The standard InChI is InChI=1S/C11H13N3O2S/c12-6-8-1-2-11(10(13)5-8)14-9-3-4-17(15,16)7-9/h1-2,5,9,14H,3-4,7,13H2. The number of nitrogens with zero attached hydrogens (tertiary/aromatic N) is 1. The molecule has 6 heteroatoms. The van der Waals surface area contributed by atoms with Gasteiger partial charge in [-0.25, -0.2) is 8.42 Å². The number of anilines is 2. The summed E-state index contributed by atoms with van der Waals surface area (Å²) in [6, 6.07) is 6.85. The SMILES string of the molecule is N#Cc1ccc(NC2CCS(=O)(=O)C2)c(N)c1. The highest BCUT2D eigenvalue weighted by atomic mass is 32.2. The fraction of sp³-hybridized carbons (Fsp3) is 0.364. The van der Waals surface area contributed by atoms with E-state index in [1.807, 2.05) is 6.07 Å². The second-order valence-electron chi connectivity index (χ2n) is 4.16. The minimum atomic E-state index is -2.90. The molecule has 1 aliphatic heterocycles. The van der Waals surface area contributed by atoms with E-state index in [2.05, 4.69) is 5.32 Å². The van der Waals surface area contributed by atoms with Gasteiger partial charge in [-0.2, -0.15) is 5.26 Å². The van der Waals surface area contributed by atoms with E-state index in [0.29, 0.717) is 23.4 Å². The number of nitrogens with two attached hydrogens (primary N) is 1. The van der Waals surface area contributed by atoms with Crippen molar-refractivity contribution in [2.75, 3.05) is 22.6 Å². The Balaban J connectivity index is 2.13. The number of nitrogens with one attached hydrogen (secondary N) is 1. The van der Waals surface area contributed by atoms with Crippen LogP contribution in [0.2, 0.25) is 0 Å². The molecule has 1 saturated heterocycles. The lowest BCUT2D eigenvalue weighted by molar-refractivity contribution is 0.602. The lowest BCUT2D eigenvalue weighted by Gasteiger charge is -2.14. The van der Waals surface area contributed by atoms with Crippen molar-refractivity contribution in [1.82, 2.24) is 0 Å². The quantitative estimate of drug-likeness (QED) is 0.756. The predicted molar refractivity (Wildman–Crippen MR) is 66.3 cm³/mol. The first-order valence-corrected chi connectivity index (χ1v) is 7.09. The van der Waals surface area contributed by atoms with E-state index in [9.17, 15) is 8.42 Å². The molecule has 1 heterocycles. The average Bonchev–Trinajstić information content (AvgIpc) is 2.61. The molecule has 1 unspecified atom stereocenters. The summed E-state index contributed by atoms with van der Waals surface area (Å²) in [6.45, 7) is 0. The van der Waals surface area contributed by atoms with E-state index in [1.165, 1.54) is 0 Å². The Labute approximate surface area is 100 Å². The molecule has 1 aromatic carbocycles. The van der Waals surface area contributed by atoms with E-state index in [1.54, 1.807) is 18.2 Å². The molecule has 1 fully saturated rings. The second kappa shape index (κ2) is 4.26. The summed E-state index contributed by atoms with van der Waals surface area (Å²) < 4.78 is 22.6. The highest BCUT2D eigenvalue weighted by molar-refractivity contribution is 7.91. The van der Waals surface area contributed by atoms with Crippen LogP contribution in [0, 0.1) is 11.3 Å². The van der Waals surface area contributed by atoms with Crippen LogP contribution in [0.3, 0.4) is 0 Å². The number of sulfone groups is 1. The van der Waals surface area contributed by atoms with Gasteiger partial charge in [0.05, 0.1) is 34.5 Å². The van der Waals surface area contributed by atoms with Gasteiger partial charge in [0.1, 0.15) is 0 Å². The summed E-state index contributed by atoms with van der Waals surface area (Å²) in [4.78, 5) is 0. The molecule has 0 saturated carbocycles. The van der Waals surface area contributed by atoms with Crippen LogP contribution in [0.1, 0.15) is 12.0 Å². The van der Waals surface area contributed by atoms with Gasteiger partial charge in [-0.3, -0.25) is 0 Å². The molecule has 0 bridgehead atoms. The van der Waals surface area contributed by atoms with Crippen molar-refractivity contribution in [2.24, 2.45) is 0 Å². The first-order chi connectivity index (χ1) is 8.00. The number of hydrogen-bond acceptors (Lipinski definition) is 5. The van der Waals surface area contributed by atoms with Crippen LogP contribution in [0.25, 0.3) is 0 Å². The average molecular weight is 251 g/mol.